The third-order valence-corrected chi connectivity index (χ3v) is 3.47. The number of H-pyrrole nitrogens is 1. The van der Waals surface area contributed by atoms with Crippen LogP contribution in [0.25, 0.3) is 17.0 Å². The molecule has 2 heterocycles. The van der Waals surface area contributed by atoms with E-state index in [-0.39, 0.29) is 0 Å². The number of carboxylic acid groups (broad SMARTS) is 1. The standard InChI is InChI=1S/C16H15N3O2/c1-11-13(9-19-8-7-17-10-19)16-12(5-6-15(20)21)3-2-4-14(16)18-11/h2-8,10,18H,9H2,1H3,(H,20,21)/p-1/b6-5+. The summed E-state index contributed by atoms with van der Waals surface area (Å²) in [5, 5.41) is 11.7. The number of aromatic amines is 1. The summed E-state index contributed by atoms with van der Waals surface area (Å²) in [6.07, 6.45) is 8.03. The Morgan fingerprint density at radius 1 is 1.48 bits per heavy atom. The minimum Gasteiger partial charge on any atom is -0.545 e. The highest BCUT2D eigenvalue weighted by atomic mass is 16.4. The van der Waals surface area contributed by atoms with Gasteiger partial charge in [0.2, 0.25) is 0 Å². The molecule has 0 bridgehead atoms. The number of carboxylic acids is 1. The van der Waals surface area contributed by atoms with Gasteiger partial charge in [-0.2, -0.15) is 0 Å². The second-order valence-electron chi connectivity index (χ2n) is 4.89. The van der Waals surface area contributed by atoms with Crippen molar-refractivity contribution in [3.8, 4) is 0 Å². The molecule has 0 saturated heterocycles. The average molecular weight is 280 g/mol. The quantitative estimate of drug-likeness (QED) is 0.736. The second kappa shape index (κ2) is 5.28. The molecule has 0 radical (unpaired) electrons. The summed E-state index contributed by atoms with van der Waals surface area (Å²) in [4.78, 5) is 18.0. The van der Waals surface area contributed by atoms with Gasteiger partial charge in [-0.05, 0) is 24.6 Å². The van der Waals surface area contributed by atoms with Crippen LogP contribution in [0.1, 0.15) is 16.8 Å². The number of carbonyl (C=O) groups excluding carboxylic acids is 1. The summed E-state index contributed by atoms with van der Waals surface area (Å²) < 4.78 is 1.98. The van der Waals surface area contributed by atoms with E-state index in [4.69, 9.17) is 0 Å². The van der Waals surface area contributed by atoms with Crippen molar-refractivity contribution in [3.05, 3.63) is 59.8 Å². The molecule has 1 N–H and O–H groups in total. The van der Waals surface area contributed by atoms with Crippen molar-refractivity contribution >= 4 is 22.9 Å². The van der Waals surface area contributed by atoms with E-state index in [9.17, 15) is 9.90 Å². The van der Waals surface area contributed by atoms with Crippen LogP contribution in [0.2, 0.25) is 0 Å². The second-order valence-corrected chi connectivity index (χ2v) is 4.89. The number of hydrogen-bond acceptors (Lipinski definition) is 3. The number of benzene rings is 1. The van der Waals surface area contributed by atoms with Crippen LogP contribution in [0.4, 0.5) is 0 Å². The molecule has 106 valence electrons. The molecular formula is C16H14N3O2-. The first-order chi connectivity index (χ1) is 10.1. The summed E-state index contributed by atoms with van der Waals surface area (Å²) in [7, 11) is 0. The number of aromatic nitrogens is 3. The molecule has 0 atom stereocenters. The lowest BCUT2D eigenvalue weighted by Gasteiger charge is -2.05. The number of imidazole rings is 1. The lowest BCUT2D eigenvalue weighted by Crippen LogP contribution is -2.18. The Labute approximate surface area is 121 Å². The number of aliphatic carboxylic acids is 1. The number of hydrogen-bond donors (Lipinski definition) is 1. The van der Waals surface area contributed by atoms with Crippen LogP contribution in [-0.2, 0) is 11.3 Å². The first kappa shape index (κ1) is 13.2. The molecule has 3 rings (SSSR count). The van der Waals surface area contributed by atoms with Crippen LogP contribution in [-0.4, -0.2) is 20.5 Å². The number of nitrogens with zero attached hydrogens (tertiary/aromatic N) is 2. The van der Waals surface area contributed by atoms with E-state index in [1.165, 1.54) is 0 Å². The summed E-state index contributed by atoms with van der Waals surface area (Å²) in [5.41, 5.74) is 4.04. The maximum absolute atomic E-state index is 10.6. The van der Waals surface area contributed by atoms with Gasteiger partial charge in [-0.3, -0.25) is 0 Å². The van der Waals surface area contributed by atoms with Crippen LogP contribution in [0.15, 0.2) is 43.0 Å². The molecule has 0 aliphatic rings. The van der Waals surface area contributed by atoms with Gasteiger partial charge in [0, 0.05) is 34.6 Å². The van der Waals surface area contributed by atoms with Crippen LogP contribution >= 0.6 is 0 Å². The minimum atomic E-state index is -1.20. The van der Waals surface area contributed by atoms with Crippen molar-refractivity contribution < 1.29 is 9.90 Å². The maximum Gasteiger partial charge on any atom is 0.0949 e. The molecular weight excluding hydrogens is 266 g/mol. The fraction of sp³-hybridized carbons (Fsp3) is 0.125. The third-order valence-electron chi connectivity index (χ3n) is 3.47. The molecule has 0 aliphatic heterocycles. The van der Waals surface area contributed by atoms with Crippen LogP contribution in [0.5, 0.6) is 0 Å². The molecule has 5 nitrogen and oxygen atoms in total. The van der Waals surface area contributed by atoms with Crippen molar-refractivity contribution in [2.45, 2.75) is 13.5 Å². The number of aryl methyl sites for hydroxylation is 1. The highest BCUT2D eigenvalue weighted by Crippen LogP contribution is 2.27. The zero-order chi connectivity index (χ0) is 14.8. The van der Waals surface area contributed by atoms with Gasteiger partial charge < -0.3 is 19.5 Å². The zero-order valence-electron chi connectivity index (χ0n) is 11.5. The minimum absolute atomic E-state index is 0.683. The lowest BCUT2D eigenvalue weighted by molar-refractivity contribution is -0.297. The highest BCUT2D eigenvalue weighted by molar-refractivity contribution is 5.95. The summed E-state index contributed by atoms with van der Waals surface area (Å²) in [5.74, 6) is -1.20. The van der Waals surface area contributed by atoms with Gasteiger partial charge in [0.1, 0.15) is 0 Å². The normalized spacial score (nSPS) is 11.5. The Balaban J connectivity index is 2.14. The molecule has 2 aromatic heterocycles. The first-order valence-electron chi connectivity index (χ1n) is 6.60. The Hall–Kier alpha value is -2.82. The third kappa shape index (κ3) is 2.58. The van der Waals surface area contributed by atoms with Crippen LogP contribution in [0, 0.1) is 6.92 Å². The number of fused-ring (bicyclic) bond motifs is 1. The van der Waals surface area contributed by atoms with Gasteiger partial charge in [-0.1, -0.05) is 18.2 Å². The molecule has 0 fully saturated rings. The summed E-state index contributed by atoms with van der Waals surface area (Å²) >= 11 is 0. The predicted octanol–water partition coefficient (Wildman–Crippen LogP) is 1.48. The van der Waals surface area contributed by atoms with Gasteiger partial charge in [0.05, 0.1) is 18.8 Å². The van der Waals surface area contributed by atoms with E-state index in [2.05, 4.69) is 9.97 Å². The van der Waals surface area contributed by atoms with Crippen LogP contribution in [0.3, 0.4) is 0 Å². The Kier molecular flexibility index (Phi) is 3.31. The molecule has 5 heteroatoms. The highest BCUT2D eigenvalue weighted by Gasteiger charge is 2.11. The van der Waals surface area contributed by atoms with Gasteiger partial charge in [-0.15, -0.1) is 0 Å². The molecule has 0 unspecified atom stereocenters. The van der Waals surface area contributed by atoms with Gasteiger partial charge >= 0.3 is 0 Å². The Bertz CT molecular complexity index is 814. The maximum atomic E-state index is 10.6. The average Bonchev–Trinajstić information content (AvgIpc) is 3.06. The van der Waals surface area contributed by atoms with Gasteiger partial charge in [0.15, 0.2) is 0 Å². The molecule has 1 aromatic carbocycles. The summed E-state index contributed by atoms with van der Waals surface area (Å²) in [6, 6.07) is 5.77. The smallest absolute Gasteiger partial charge is 0.0949 e. The Morgan fingerprint density at radius 2 is 2.33 bits per heavy atom. The molecule has 3 aromatic rings. The Morgan fingerprint density at radius 3 is 3.05 bits per heavy atom. The predicted molar refractivity (Wildman–Crippen MR) is 78.4 cm³/mol. The van der Waals surface area contributed by atoms with E-state index >= 15 is 0 Å². The SMILES string of the molecule is Cc1[nH]c2cccc(/C=C/C(=O)[O-])c2c1Cn1ccnc1. The topological polar surface area (TPSA) is 73.7 Å². The lowest BCUT2D eigenvalue weighted by atomic mass is 10.0. The molecule has 21 heavy (non-hydrogen) atoms. The summed E-state index contributed by atoms with van der Waals surface area (Å²) in [6.45, 7) is 2.69. The van der Waals surface area contributed by atoms with E-state index < -0.39 is 5.97 Å². The largest absolute Gasteiger partial charge is 0.545 e. The van der Waals surface area contributed by atoms with E-state index in [1.807, 2.05) is 35.9 Å². The zero-order valence-corrected chi connectivity index (χ0v) is 11.5. The molecule has 0 spiro atoms. The van der Waals surface area contributed by atoms with E-state index in [1.54, 1.807) is 18.6 Å². The molecule has 0 aliphatic carbocycles. The monoisotopic (exact) mass is 280 g/mol. The van der Waals surface area contributed by atoms with Crippen molar-refractivity contribution in [2.75, 3.05) is 0 Å². The fourth-order valence-corrected chi connectivity index (χ4v) is 2.53. The molecule has 0 amide bonds. The van der Waals surface area contributed by atoms with Crippen molar-refractivity contribution in [1.29, 1.82) is 0 Å². The van der Waals surface area contributed by atoms with Gasteiger partial charge in [-0.25, -0.2) is 4.98 Å². The van der Waals surface area contributed by atoms with E-state index in [0.29, 0.717) is 6.54 Å². The molecule has 0 saturated carbocycles. The first-order valence-corrected chi connectivity index (χ1v) is 6.60. The van der Waals surface area contributed by atoms with Crippen molar-refractivity contribution in [2.24, 2.45) is 0 Å². The van der Waals surface area contributed by atoms with Crippen molar-refractivity contribution in [1.82, 2.24) is 14.5 Å². The van der Waals surface area contributed by atoms with E-state index in [0.717, 1.165) is 33.8 Å². The van der Waals surface area contributed by atoms with Crippen LogP contribution < -0.4 is 5.11 Å². The number of nitrogens with one attached hydrogen (secondary N) is 1. The fourth-order valence-electron chi connectivity index (χ4n) is 2.53. The number of rotatable bonds is 4. The number of carbonyl (C=O) groups is 1. The van der Waals surface area contributed by atoms with Crippen molar-refractivity contribution in [3.63, 3.8) is 0 Å². The van der Waals surface area contributed by atoms with Gasteiger partial charge in [0.25, 0.3) is 0 Å².